The molecule has 0 bridgehead atoms. The predicted molar refractivity (Wildman–Crippen MR) is 197 cm³/mol. The average molecular weight is 785 g/mol. The Morgan fingerprint density at radius 1 is 0.500 bits per heavy atom. The third-order valence-corrected chi connectivity index (χ3v) is 8.26. The summed E-state index contributed by atoms with van der Waals surface area (Å²) in [4.78, 5) is 64.2. The van der Waals surface area contributed by atoms with Crippen molar-refractivity contribution in [3.63, 3.8) is 0 Å². The van der Waals surface area contributed by atoms with Crippen LogP contribution < -0.4 is 0 Å². The molecule has 16 heteroatoms. The van der Waals surface area contributed by atoms with Crippen molar-refractivity contribution in [2.45, 2.75) is 104 Å². The molecule has 3 aromatic rings. The van der Waals surface area contributed by atoms with E-state index < -0.39 is 78.1 Å². The fourth-order valence-corrected chi connectivity index (χ4v) is 5.88. The molecule has 0 aromatic heterocycles. The molecule has 0 spiro atoms. The minimum Gasteiger partial charge on any atom is -0.508 e. The molecule has 16 nitrogen and oxygen atoms in total. The van der Waals surface area contributed by atoms with Crippen LogP contribution in [0.4, 0.5) is 0 Å². The van der Waals surface area contributed by atoms with Gasteiger partial charge in [0.2, 0.25) is 0 Å². The highest BCUT2D eigenvalue weighted by molar-refractivity contribution is 5.97. The Hall–Kier alpha value is -6.03. The largest absolute Gasteiger partial charge is 0.508 e. The molecule has 0 radical (unpaired) electrons. The number of esters is 4. The second-order valence-electron chi connectivity index (χ2n) is 13.7. The lowest BCUT2D eigenvalue weighted by Gasteiger charge is -2.20. The predicted octanol–water partition coefficient (Wildman–Crippen LogP) is 4.68. The van der Waals surface area contributed by atoms with Crippen LogP contribution in [-0.2, 0) is 57.3 Å². The van der Waals surface area contributed by atoms with E-state index in [9.17, 15) is 54.6 Å². The van der Waals surface area contributed by atoms with Gasteiger partial charge in [-0.1, -0.05) is 0 Å². The number of phenolic OH excluding ortho intramolecular Hbond substituents is 6. The number of ketones is 1. The summed E-state index contributed by atoms with van der Waals surface area (Å²) in [5.74, 6) is -6.29. The first-order chi connectivity index (χ1) is 26.2. The third-order valence-electron chi connectivity index (χ3n) is 8.26. The topological polar surface area (TPSA) is 253 Å². The summed E-state index contributed by atoms with van der Waals surface area (Å²) in [5.41, 5.74) is -0.110. The molecule has 0 amide bonds. The van der Waals surface area contributed by atoms with Crippen molar-refractivity contribution < 1.29 is 78.3 Å². The SMILES string of the molecule is COC(C)CC(=O)Cc1cc(O)cc(O)c1C(=O)OC(C)CC(=O)OC(C)Cc1cc(O)cc(O)c1C(=O)OC(C)CC(=O)OC(C)Cc1cc(O)cc(O)c1. The van der Waals surface area contributed by atoms with Crippen molar-refractivity contribution >= 4 is 29.7 Å². The number of ether oxygens (including phenoxy) is 5. The summed E-state index contributed by atoms with van der Waals surface area (Å²) in [7, 11) is 1.44. The van der Waals surface area contributed by atoms with E-state index in [1.165, 1.54) is 46.1 Å². The van der Waals surface area contributed by atoms with E-state index >= 15 is 0 Å². The Bertz CT molecular complexity index is 1880. The van der Waals surface area contributed by atoms with Gasteiger partial charge < -0.3 is 54.3 Å². The molecule has 5 atom stereocenters. The second kappa shape index (κ2) is 20.0. The zero-order chi connectivity index (χ0) is 41.9. The highest BCUT2D eigenvalue weighted by Crippen LogP contribution is 2.31. The summed E-state index contributed by atoms with van der Waals surface area (Å²) < 4.78 is 26.7. The summed E-state index contributed by atoms with van der Waals surface area (Å²) in [6.45, 7) is 7.59. The number of hydrogen-bond donors (Lipinski definition) is 6. The Kier molecular flexibility index (Phi) is 15.9. The second-order valence-corrected chi connectivity index (χ2v) is 13.7. The number of Topliss-reactive ketones (excluding diaryl/α,β-unsaturated/α-hetero) is 1. The minimum atomic E-state index is -1.08. The van der Waals surface area contributed by atoms with E-state index in [0.717, 1.165) is 24.3 Å². The van der Waals surface area contributed by atoms with Gasteiger partial charge in [-0.3, -0.25) is 14.4 Å². The summed E-state index contributed by atoms with van der Waals surface area (Å²) in [6, 6.07) is 8.15. The van der Waals surface area contributed by atoms with Crippen LogP contribution in [0.3, 0.4) is 0 Å². The van der Waals surface area contributed by atoms with Crippen LogP contribution in [0.5, 0.6) is 34.5 Å². The number of carbonyl (C=O) groups is 5. The first kappa shape index (κ1) is 44.4. The van der Waals surface area contributed by atoms with Gasteiger partial charge in [-0.15, -0.1) is 0 Å². The Balaban J connectivity index is 1.59. The maximum absolute atomic E-state index is 13.2. The number of rotatable bonds is 19. The molecule has 0 aliphatic heterocycles. The smallest absolute Gasteiger partial charge is 0.342 e. The van der Waals surface area contributed by atoms with Crippen molar-refractivity contribution in [1.29, 1.82) is 0 Å². The fourth-order valence-electron chi connectivity index (χ4n) is 5.88. The zero-order valence-corrected chi connectivity index (χ0v) is 31.9. The maximum Gasteiger partial charge on any atom is 0.342 e. The van der Waals surface area contributed by atoms with Crippen LogP contribution in [0, 0.1) is 0 Å². The van der Waals surface area contributed by atoms with Gasteiger partial charge in [0, 0.05) is 51.0 Å². The molecule has 56 heavy (non-hydrogen) atoms. The number of aromatic hydroxyl groups is 6. The van der Waals surface area contributed by atoms with Crippen molar-refractivity contribution in [2.75, 3.05) is 7.11 Å². The van der Waals surface area contributed by atoms with E-state index in [-0.39, 0.29) is 77.4 Å². The lowest BCUT2D eigenvalue weighted by atomic mass is 9.98. The molecule has 3 rings (SSSR count). The normalized spacial score (nSPS) is 13.8. The van der Waals surface area contributed by atoms with E-state index in [2.05, 4.69) is 0 Å². The van der Waals surface area contributed by atoms with Gasteiger partial charge in [0.1, 0.15) is 75.8 Å². The quantitative estimate of drug-likeness (QED) is 0.0713. The summed E-state index contributed by atoms with van der Waals surface area (Å²) in [6.07, 6.45) is -5.22. The standard InChI is InChI=1S/C40H48O16/c1-20(52-6)9-28(41)15-27-16-32(45)19-34(47)38(27)40(51)56-24(5)11-36(49)54-22(3)8-26-14-31(44)18-33(46)37(26)39(50)55-23(4)10-35(48)53-21(2)7-25-12-29(42)17-30(43)13-25/h12-14,16-24,42-47H,7-11,15H2,1-6H3. The molecule has 5 unspecified atom stereocenters. The molecule has 0 fully saturated rings. The van der Waals surface area contributed by atoms with Crippen molar-refractivity contribution in [1.82, 2.24) is 0 Å². The number of hydrogen-bond acceptors (Lipinski definition) is 16. The van der Waals surface area contributed by atoms with Gasteiger partial charge in [0.05, 0.1) is 18.9 Å². The highest BCUT2D eigenvalue weighted by Gasteiger charge is 2.27. The summed E-state index contributed by atoms with van der Waals surface area (Å²) in [5, 5.41) is 60.5. The van der Waals surface area contributed by atoms with Gasteiger partial charge in [-0.25, -0.2) is 9.59 Å². The van der Waals surface area contributed by atoms with Crippen LogP contribution >= 0.6 is 0 Å². The monoisotopic (exact) mass is 784 g/mol. The minimum absolute atomic E-state index is 0.0140. The maximum atomic E-state index is 13.2. The molecule has 0 saturated heterocycles. The van der Waals surface area contributed by atoms with E-state index in [0.29, 0.717) is 5.56 Å². The van der Waals surface area contributed by atoms with Crippen LogP contribution in [0.1, 0.15) is 91.3 Å². The van der Waals surface area contributed by atoms with Gasteiger partial charge in [0.25, 0.3) is 0 Å². The lowest BCUT2D eigenvalue weighted by molar-refractivity contribution is -0.151. The Morgan fingerprint density at radius 3 is 1.41 bits per heavy atom. The van der Waals surface area contributed by atoms with Gasteiger partial charge in [-0.05, 0) is 75.6 Å². The van der Waals surface area contributed by atoms with E-state index in [1.54, 1.807) is 13.8 Å². The zero-order valence-electron chi connectivity index (χ0n) is 31.9. The fraction of sp³-hybridized carbons (Fsp3) is 0.425. The van der Waals surface area contributed by atoms with Crippen LogP contribution in [-0.4, -0.2) is 97.9 Å². The number of carbonyl (C=O) groups excluding carboxylic acids is 5. The average Bonchev–Trinajstić information content (AvgIpc) is 3.02. The molecular formula is C40H48O16. The molecular weight excluding hydrogens is 736 g/mol. The first-order valence-electron chi connectivity index (χ1n) is 17.7. The number of benzene rings is 3. The molecule has 304 valence electrons. The molecule has 0 saturated carbocycles. The van der Waals surface area contributed by atoms with Gasteiger partial charge in [0.15, 0.2) is 0 Å². The molecule has 0 aliphatic carbocycles. The van der Waals surface area contributed by atoms with Crippen LogP contribution in [0.2, 0.25) is 0 Å². The lowest BCUT2D eigenvalue weighted by Crippen LogP contribution is -2.25. The highest BCUT2D eigenvalue weighted by atomic mass is 16.6. The van der Waals surface area contributed by atoms with Crippen LogP contribution in [0.15, 0.2) is 42.5 Å². The van der Waals surface area contributed by atoms with Gasteiger partial charge >= 0.3 is 23.9 Å². The Labute approximate surface area is 323 Å². The van der Waals surface area contributed by atoms with Crippen molar-refractivity contribution in [2.24, 2.45) is 0 Å². The van der Waals surface area contributed by atoms with E-state index in [1.807, 2.05) is 0 Å². The van der Waals surface area contributed by atoms with Crippen LogP contribution in [0.25, 0.3) is 0 Å². The first-order valence-corrected chi connectivity index (χ1v) is 17.7. The number of phenols is 6. The van der Waals surface area contributed by atoms with Crippen molar-refractivity contribution in [3.8, 4) is 34.5 Å². The van der Waals surface area contributed by atoms with Gasteiger partial charge in [-0.2, -0.15) is 0 Å². The van der Waals surface area contributed by atoms with E-state index in [4.69, 9.17) is 23.7 Å². The Morgan fingerprint density at radius 2 is 0.929 bits per heavy atom. The molecule has 0 aliphatic rings. The molecule has 3 aromatic carbocycles. The number of methoxy groups -OCH3 is 1. The summed E-state index contributed by atoms with van der Waals surface area (Å²) >= 11 is 0. The molecule has 6 N–H and O–H groups in total. The molecule has 0 heterocycles. The van der Waals surface area contributed by atoms with Crippen molar-refractivity contribution in [3.05, 3.63) is 70.3 Å². The third kappa shape index (κ3) is 13.7.